The van der Waals surface area contributed by atoms with Crippen molar-refractivity contribution in [2.45, 2.75) is 44.2 Å². The highest BCUT2D eigenvalue weighted by atomic mass is 15.0. The van der Waals surface area contributed by atoms with Gasteiger partial charge < -0.3 is 11.5 Å². The fourth-order valence-electron chi connectivity index (χ4n) is 2.86. The maximum Gasteiger partial charge on any atom is 0.0241 e. The molecular weight excluding hydrogens is 124 g/mol. The molecule has 0 atom stereocenters. The average molecular weight is 140 g/mol. The molecule has 3 fully saturated rings. The van der Waals surface area contributed by atoms with Crippen LogP contribution in [0.25, 0.3) is 0 Å². The van der Waals surface area contributed by atoms with Gasteiger partial charge in [0.2, 0.25) is 0 Å². The summed E-state index contributed by atoms with van der Waals surface area (Å²) in [5, 5.41) is 0. The molecule has 0 spiro atoms. The molecule has 0 unspecified atom stereocenters. The molecule has 0 aromatic heterocycles. The van der Waals surface area contributed by atoms with Crippen molar-refractivity contribution in [3.63, 3.8) is 0 Å². The van der Waals surface area contributed by atoms with Gasteiger partial charge in [-0.1, -0.05) is 13.8 Å². The van der Waals surface area contributed by atoms with Crippen LogP contribution in [-0.4, -0.2) is 11.1 Å². The molecule has 0 aromatic rings. The van der Waals surface area contributed by atoms with Crippen LogP contribution in [0.1, 0.15) is 33.1 Å². The number of nitrogens with two attached hydrogens (primary N) is 2. The summed E-state index contributed by atoms with van der Waals surface area (Å²) in [7, 11) is 0. The van der Waals surface area contributed by atoms with Crippen LogP contribution in [0, 0.1) is 5.41 Å². The summed E-state index contributed by atoms with van der Waals surface area (Å²) in [4.78, 5) is 0. The van der Waals surface area contributed by atoms with Gasteiger partial charge in [0.25, 0.3) is 0 Å². The Morgan fingerprint density at radius 1 is 1.00 bits per heavy atom. The molecule has 0 saturated heterocycles. The molecule has 2 heteroatoms. The molecule has 2 nitrogen and oxygen atoms in total. The Hall–Kier alpha value is -0.0800. The van der Waals surface area contributed by atoms with Gasteiger partial charge in [-0.3, -0.25) is 0 Å². The Kier molecular flexibility index (Phi) is 0.846. The molecular formula is C8H16N2. The van der Waals surface area contributed by atoms with Crippen LogP contribution in [0.15, 0.2) is 0 Å². The van der Waals surface area contributed by atoms with E-state index in [1.54, 1.807) is 0 Å². The zero-order chi connectivity index (χ0) is 7.62. The van der Waals surface area contributed by atoms with E-state index in [2.05, 4.69) is 13.8 Å². The monoisotopic (exact) mass is 140 g/mol. The third-order valence-corrected chi connectivity index (χ3v) is 3.48. The van der Waals surface area contributed by atoms with Crippen molar-refractivity contribution in [2.24, 2.45) is 16.9 Å². The predicted octanol–water partition coefficient (Wildman–Crippen LogP) is 0.605. The highest BCUT2D eigenvalue weighted by molar-refractivity contribution is 5.25. The van der Waals surface area contributed by atoms with E-state index in [-0.39, 0.29) is 16.5 Å². The van der Waals surface area contributed by atoms with Gasteiger partial charge in [0.15, 0.2) is 0 Å². The lowest BCUT2D eigenvalue weighted by Gasteiger charge is -2.46. The maximum absolute atomic E-state index is 6.13. The molecule has 3 aliphatic carbocycles. The largest absolute Gasteiger partial charge is 0.325 e. The highest BCUT2D eigenvalue weighted by Crippen LogP contribution is 2.61. The van der Waals surface area contributed by atoms with E-state index in [0.717, 1.165) is 19.3 Å². The van der Waals surface area contributed by atoms with Crippen molar-refractivity contribution in [3.05, 3.63) is 0 Å². The summed E-state index contributed by atoms with van der Waals surface area (Å²) in [6.07, 6.45) is 3.18. The fraction of sp³-hybridized carbons (Fsp3) is 1.00. The van der Waals surface area contributed by atoms with Crippen LogP contribution in [0.5, 0.6) is 0 Å². The zero-order valence-electron chi connectivity index (χ0n) is 6.78. The van der Waals surface area contributed by atoms with Gasteiger partial charge >= 0.3 is 0 Å². The van der Waals surface area contributed by atoms with Gasteiger partial charge in [-0.05, 0) is 24.7 Å². The quantitative estimate of drug-likeness (QED) is 0.518. The Morgan fingerprint density at radius 2 is 1.50 bits per heavy atom. The topological polar surface area (TPSA) is 52.0 Å². The smallest absolute Gasteiger partial charge is 0.0241 e. The van der Waals surface area contributed by atoms with E-state index in [1.165, 1.54) is 0 Å². The Labute approximate surface area is 62.0 Å². The summed E-state index contributed by atoms with van der Waals surface area (Å²) in [6, 6.07) is 0. The van der Waals surface area contributed by atoms with E-state index in [0.29, 0.717) is 0 Å². The SMILES string of the molecule is CC1(C)CC2(N)CC1(N)C2. The number of fused-ring (bicyclic) bond motifs is 1. The maximum atomic E-state index is 6.13. The highest BCUT2D eigenvalue weighted by Gasteiger charge is 2.66. The second kappa shape index (κ2) is 1.28. The first-order valence-corrected chi connectivity index (χ1v) is 3.95. The molecule has 10 heavy (non-hydrogen) atoms. The van der Waals surface area contributed by atoms with Gasteiger partial charge in [0, 0.05) is 11.1 Å². The van der Waals surface area contributed by atoms with E-state index >= 15 is 0 Å². The van der Waals surface area contributed by atoms with Crippen LogP contribution in [0.3, 0.4) is 0 Å². The second-order valence-electron chi connectivity index (χ2n) is 4.93. The minimum atomic E-state index is 0.0712. The van der Waals surface area contributed by atoms with Crippen molar-refractivity contribution >= 4 is 0 Å². The molecule has 0 aliphatic heterocycles. The van der Waals surface area contributed by atoms with Gasteiger partial charge in [0.05, 0.1) is 0 Å². The summed E-state index contributed by atoms with van der Waals surface area (Å²) >= 11 is 0. The first-order valence-electron chi connectivity index (χ1n) is 3.95. The summed E-state index contributed by atoms with van der Waals surface area (Å²) < 4.78 is 0. The van der Waals surface area contributed by atoms with E-state index in [4.69, 9.17) is 11.5 Å². The molecule has 0 radical (unpaired) electrons. The van der Waals surface area contributed by atoms with Crippen molar-refractivity contribution in [2.75, 3.05) is 0 Å². The minimum Gasteiger partial charge on any atom is -0.325 e. The molecule has 0 aromatic carbocycles. The molecule has 3 saturated carbocycles. The number of rotatable bonds is 0. The Morgan fingerprint density at radius 3 is 1.60 bits per heavy atom. The first kappa shape index (κ1) is 6.62. The third-order valence-electron chi connectivity index (χ3n) is 3.48. The lowest BCUT2D eigenvalue weighted by atomic mass is 9.67. The van der Waals surface area contributed by atoms with E-state index < -0.39 is 0 Å². The normalized spacial score (nSPS) is 56.4. The summed E-state index contributed by atoms with van der Waals surface area (Å²) in [6.45, 7) is 4.46. The Balaban J connectivity index is 2.33. The van der Waals surface area contributed by atoms with E-state index in [9.17, 15) is 0 Å². The van der Waals surface area contributed by atoms with Crippen LogP contribution >= 0.6 is 0 Å². The summed E-state index contributed by atoms with van der Waals surface area (Å²) in [5.41, 5.74) is 12.6. The molecule has 2 bridgehead atoms. The van der Waals surface area contributed by atoms with Gasteiger partial charge in [-0.15, -0.1) is 0 Å². The molecule has 3 aliphatic rings. The third kappa shape index (κ3) is 0.523. The summed E-state index contributed by atoms with van der Waals surface area (Å²) in [5.74, 6) is 0. The standard InChI is InChI=1S/C8H16N2/c1-6(2)3-7(9)4-8(6,10)5-7/h3-5,9-10H2,1-2H3. The second-order valence-corrected chi connectivity index (χ2v) is 4.93. The zero-order valence-corrected chi connectivity index (χ0v) is 6.78. The fourth-order valence-corrected chi connectivity index (χ4v) is 2.86. The van der Waals surface area contributed by atoms with Crippen LogP contribution in [0.4, 0.5) is 0 Å². The number of hydrogen-bond donors (Lipinski definition) is 2. The van der Waals surface area contributed by atoms with Gasteiger partial charge in [-0.25, -0.2) is 0 Å². The molecule has 58 valence electrons. The predicted molar refractivity (Wildman–Crippen MR) is 41.5 cm³/mol. The van der Waals surface area contributed by atoms with Crippen LogP contribution in [0.2, 0.25) is 0 Å². The average Bonchev–Trinajstić information content (AvgIpc) is 1.79. The van der Waals surface area contributed by atoms with Crippen molar-refractivity contribution < 1.29 is 0 Å². The number of hydrogen-bond acceptors (Lipinski definition) is 2. The molecule has 3 rings (SSSR count). The van der Waals surface area contributed by atoms with Crippen molar-refractivity contribution in [1.82, 2.24) is 0 Å². The molecule has 0 amide bonds. The lowest BCUT2D eigenvalue weighted by molar-refractivity contribution is 0.147. The van der Waals surface area contributed by atoms with E-state index in [1.807, 2.05) is 0 Å². The first-order chi connectivity index (χ1) is 4.37. The van der Waals surface area contributed by atoms with Crippen LogP contribution in [-0.2, 0) is 0 Å². The van der Waals surface area contributed by atoms with Gasteiger partial charge in [0.1, 0.15) is 0 Å². The van der Waals surface area contributed by atoms with Crippen LogP contribution < -0.4 is 11.5 Å². The lowest BCUT2D eigenvalue weighted by Crippen LogP contribution is -2.61. The van der Waals surface area contributed by atoms with Crippen molar-refractivity contribution in [3.8, 4) is 0 Å². The Bertz CT molecular complexity index is 175. The van der Waals surface area contributed by atoms with Crippen molar-refractivity contribution in [1.29, 1.82) is 0 Å². The minimum absolute atomic E-state index is 0.0712. The molecule has 4 N–H and O–H groups in total. The van der Waals surface area contributed by atoms with Gasteiger partial charge in [-0.2, -0.15) is 0 Å². The molecule has 0 heterocycles.